The third-order valence-corrected chi connectivity index (χ3v) is 3.00. The maximum absolute atomic E-state index is 12.1. The Balaban J connectivity index is 5.67. The molecule has 0 radical (unpaired) electrons. The molecule has 0 saturated heterocycles. The first-order valence-electron chi connectivity index (χ1n) is 6.85. The van der Waals surface area contributed by atoms with E-state index in [2.05, 4.69) is 18.7 Å². The summed E-state index contributed by atoms with van der Waals surface area (Å²) in [5, 5.41) is 0. The fraction of sp³-hybridized carbons (Fsp3) is 0.750. The molecule has 2 N–H and O–H groups in total. The summed E-state index contributed by atoms with van der Waals surface area (Å²) in [7, 11) is -5.23. The van der Waals surface area contributed by atoms with E-state index in [1.807, 2.05) is 0 Å². The highest BCUT2D eigenvalue weighted by atomic mass is 31.2. The SMILES string of the molecule is CCOC(=O)CC(CC(=O)OCC)(OP(=O)(O)O)C(=O)OCC. The molecule has 11 heteroatoms. The highest BCUT2D eigenvalue weighted by Crippen LogP contribution is 2.45. The van der Waals surface area contributed by atoms with Crippen LogP contribution < -0.4 is 0 Å². The van der Waals surface area contributed by atoms with Crippen molar-refractivity contribution in [2.45, 2.75) is 39.2 Å². The largest absolute Gasteiger partial charge is 0.470 e. The second kappa shape index (κ2) is 9.61. The molecule has 0 spiro atoms. The Morgan fingerprint density at radius 1 is 0.870 bits per heavy atom. The minimum atomic E-state index is -5.23. The molecule has 0 aromatic carbocycles. The highest BCUT2D eigenvalue weighted by molar-refractivity contribution is 7.46. The van der Waals surface area contributed by atoms with Gasteiger partial charge in [-0.3, -0.25) is 14.1 Å². The van der Waals surface area contributed by atoms with Gasteiger partial charge in [0.15, 0.2) is 5.60 Å². The monoisotopic (exact) mass is 356 g/mol. The first kappa shape index (κ1) is 21.5. The van der Waals surface area contributed by atoms with E-state index in [-0.39, 0.29) is 19.8 Å². The summed E-state index contributed by atoms with van der Waals surface area (Å²) in [6.07, 6.45) is -1.83. The number of hydrogen-bond acceptors (Lipinski definition) is 8. The Labute approximate surface area is 133 Å². The van der Waals surface area contributed by atoms with Crippen LogP contribution in [0.2, 0.25) is 0 Å². The maximum Gasteiger partial charge on any atom is 0.470 e. The zero-order valence-electron chi connectivity index (χ0n) is 13.1. The van der Waals surface area contributed by atoms with Crippen LogP contribution in [0.3, 0.4) is 0 Å². The van der Waals surface area contributed by atoms with Crippen molar-refractivity contribution in [3.63, 3.8) is 0 Å². The number of phosphoric acid groups is 1. The predicted molar refractivity (Wildman–Crippen MR) is 75.0 cm³/mol. The lowest BCUT2D eigenvalue weighted by Crippen LogP contribution is -2.46. The normalized spacial score (nSPS) is 11.7. The van der Waals surface area contributed by atoms with E-state index in [0.717, 1.165) is 0 Å². The second-order valence-electron chi connectivity index (χ2n) is 4.26. The van der Waals surface area contributed by atoms with Crippen LogP contribution in [-0.2, 0) is 37.7 Å². The third-order valence-electron chi connectivity index (χ3n) is 2.41. The van der Waals surface area contributed by atoms with Crippen LogP contribution in [0.15, 0.2) is 0 Å². The molecule has 23 heavy (non-hydrogen) atoms. The number of esters is 3. The molecule has 0 unspecified atom stereocenters. The van der Waals surface area contributed by atoms with Crippen LogP contribution in [0.25, 0.3) is 0 Å². The van der Waals surface area contributed by atoms with Crippen LogP contribution in [0.1, 0.15) is 33.6 Å². The van der Waals surface area contributed by atoms with Crippen LogP contribution >= 0.6 is 7.82 Å². The first-order chi connectivity index (χ1) is 10.6. The lowest BCUT2D eigenvalue weighted by Gasteiger charge is -2.29. The minimum Gasteiger partial charge on any atom is -0.466 e. The lowest BCUT2D eigenvalue weighted by molar-refractivity contribution is -0.175. The van der Waals surface area contributed by atoms with Crippen molar-refractivity contribution in [1.82, 2.24) is 0 Å². The van der Waals surface area contributed by atoms with Gasteiger partial charge in [-0.15, -0.1) is 0 Å². The molecule has 0 bridgehead atoms. The van der Waals surface area contributed by atoms with Crippen LogP contribution in [0.4, 0.5) is 0 Å². The summed E-state index contributed by atoms with van der Waals surface area (Å²) in [6, 6.07) is 0. The smallest absolute Gasteiger partial charge is 0.466 e. The Morgan fingerprint density at radius 3 is 1.57 bits per heavy atom. The van der Waals surface area contributed by atoms with Gasteiger partial charge in [-0.05, 0) is 20.8 Å². The van der Waals surface area contributed by atoms with Gasteiger partial charge in [0.25, 0.3) is 0 Å². The van der Waals surface area contributed by atoms with Crippen LogP contribution in [0.5, 0.6) is 0 Å². The molecule has 0 aliphatic carbocycles. The van der Waals surface area contributed by atoms with Gasteiger partial charge in [0.2, 0.25) is 0 Å². The Kier molecular flexibility index (Phi) is 8.99. The van der Waals surface area contributed by atoms with Crippen LogP contribution in [-0.4, -0.2) is 53.1 Å². The fourth-order valence-corrected chi connectivity index (χ4v) is 2.35. The van der Waals surface area contributed by atoms with Crippen molar-refractivity contribution in [3.8, 4) is 0 Å². The lowest BCUT2D eigenvalue weighted by atomic mass is 9.95. The molecule has 0 aromatic rings. The minimum absolute atomic E-state index is 0.0347. The summed E-state index contributed by atoms with van der Waals surface area (Å²) >= 11 is 0. The van der Waals surface area contributed by atoms with E-state index in [1.54, 1.807) is 0 Å². The summed E-state index contributed by atoms with van der Waals surface area (Å²) in [5.74, 6) is -3.25. The summed E-state index contributed by atoms with van der Waals surface area (Å²) in [6.45, 7) is 4.21. The van der Waals surface area contributed by atoms with Crippen LogP contribution in [0, 0.1) is 0 Å². The Hall–Kier alpha value is -1.48. The zero-order valence-corrected chi connectivity index (χ0v) is 14.0. The average Bonchev–Trinajstić information content (AvgIpc) is 2.37. The summed E-state index contributed by atoms with van der Waals surface area (Å²) in [5.41, 5.74) is -2.53. The van der Waals surface area contributed by atoms with Gasteiger partial charge in [0.05, 0.1) is 32.7 Å². The number of rotatable bonds is 10. The van der Waals surface area contributed by atoms with Gasteiger partial charge in [0.1, 0.15) is 0 Å². The molecule has 0 aliphatic heterocycles. The van der Waals surface area contributed by atoms with E-state index in [0.29, 0.717) is 0 Å². The molecular formula is C12H21O10P. The number of carbonyl (C=O) groups is 3. The third kappa shape index (κ3) is 8.08. The Bertz CT molecular complexity index is 448. The van der Waals surface area contributed by atoms with E-state index < -0.39 is 44.2 Å². The molecule has 0 fully saturated rings. The number of hydrogen-bond donors (Lipinski definition) is 2. The molecular weight excluding hydrogens is 335 g/mol. The number of ether oxygens (including phenoxy) is 3. The molecule has 0 rings (SSSR count). The van der Waals surface area contributed by atoms with Gasteiger partial charge >= 0.3 is 25.7 Å². The van der Waals surface area contributed by atoms with Crippen molar-refractivity contribution >= 4 is 25.7 Å². The first-order valence-corrected chi connectivity index (χ1v) is 8.38. The highest BCUT2D eigenvalue weighted by Gasteiger charge is 2.50. The second-order valence-corrected chi connectivity index (χ2v) is 5.42. The average molecular weight is 356 g/mol. The number of carbonyl (C=O) groups excluding carboxylic acids is 3. The van der Waals surface area contributed by atoms with Gasteiger partial charge < -0.3 is 24.0 Å². The molecule has 0 amide bonds. The zero-order chi connectivity index (χ0) is 18.1. The molecule has 0 aromatic heterocycles. The molecule has 0 atom stereocenters. The quantitative estimate of drug-likeness (QED) is 0.318. The molecule has 0 heterocycles. The van der Waals surface area contributed by atoms with Gasteiger partial charge in [-0.1, -0.05) is 0 Å². The maximum atomic E-state index is 12.1. The van der Waals surface area contributed by atoms with Gasteiger partial charge in [0, 0.05) is 0 Å². The molecule has 0 saturated carbocycles. The van der Waals surface area contributed by atoms with Crippen molar-refractivity contribution in [3.05, 3.63) is 0 Å². The van der Waals surface area contributed by atoms with E-state index >= 15 is 0 Å². The number of phosphoric ester groups is 1. The van der Waals surface area contributed by atoms with Crippen molar-refractivity contribution in [2.24, 2.45) is 0 Å². The topological polar surface area (TPSA) is 146 Å². The summed E-state index contributed by atoms with van der Waals surface area (Å²) in [4.78, 5) is 53.5. The fourth-order valence-electron chi connectivity index (χ4n) is 1.69. The van der Waals surface area contributed by atoms with Crippen molar-refractivity contribution in [1.29, 1.82) is 0 Å². The van der Waals surface area contributed by atoms with Gasteiger partial charge in [-0.2, -0.15) is 0 Å². The van der Waals surface area contributed by atoms with E-state index in [1.165, 1.54) is 20.8 Å². The van der Waals surface area contributed by atoms with Crippen molar-refractivity contribution < 1.29 is 47.5 Å². The van der Waals surface area contributed by atoms with Gasteiger partial charge in [-0.25, -0.2) is 9.36 Å². The van der Waals surface area contributed by atoms with E-state index in [9.17, 15) is 18.9 Å². The summed E-state index contributed by atoms with van der Waals surface area (Å²) < 4.78 is 29.6. The van der Waals surface area contributed by atoms with E-state index in [4.69, 9.17) is 9.79 Å². The molecule has 10 nitrogen and oxygen atoms in total. The molecule has 134 valence electrons. The Morgan fingerprint density at radius 2 is 1.26 bits per heavy atom. The molecule has 0 aliphatic rings. The predicted octanol–water partition coefficient (Wildman–Crippen LogP) is 0.304. The standard InChI is InChI=1S/C12H21O10P/c1-4-19-9(13)7-12(11(15)21-6-3,22-23(16,17)18)8-10(14)20-5-2/h4-8H2,1-3H3,(H2,16,17,18). The van der Waals surface area contributed by atoms with Crippen molar-refractivity contribution in [2.75, 3.05) is 19.8 Å².